The zero-order valence-corrected chi connectivity index (χ0v) is 14.1. The van der Waals surface area contributed by atoms with Gasteiger partial charge in [-0.3, -0.25) is 9.59 Å². The fourth-order valence-corrected chi connectivity index (χ4v) is 3.68. The highest BCUT2D eigenvalue weighted by molar-refractivity contribution is 9.10. The zero-order valence-electron chi connectivity index (χ0n) is 12.5. The lowest BCUT2D eigenvalue weighted by molar-refractivity contribution is -0.142. The van der Waals surface area contributed by atoms with Gasteiger partial charge in [-0.1, -0.05) is 19.3 Å². The number of nitrogens with one attached hydrogen (secondary N) is 1. The van der Waals surface area contributed by atoms with E-state index >= 15 is 0 Å². The van der Waals surface area contributed by atoms with Crippen LogP contribution in [0.25, 0.3) is 0 Å². The number of rotatable bonds is 3. The number of hydrogen-bond acceptors (Lipinski definition) is 4. The normalized spacial score (nSPS) is 23.2. The molecule has 7 heteroatoms. The molecule has 2 N–H and O–H groups in total. The van der Waals surface area contributed by atoms with Crippen LogP contribution in [-0.4, -0.2) is 29.8 Å². The van der Waals surface area contributed by atoms with Gasteiger partial charge in [-0.2, -0.15) is 0 Å². The Balaban J connectivity index is 1.77. The van der Waals surface area contributed by atoms with Crippen LogP contribution in [0, 0.1) is 5.92 Å². The van der Waals surface area contributed by atoms with E-state index in [4.69, 9.17) is 9.47 Å². The minimum absolute atomic E-state index is 0.128. The van der Waals surface area contributed by atoms with Crippen molar-refractivity contribution in [3.63, 3.8) is 0 Å². The molecule has 2 atom stereocenters. The topological polar surface area (TPSA) is 84.9 Å². The molecule has 1 aliphatic carbocycles. The standard InChI is InChI=1S/C16H18BrNO5/c17-11-6-9(7-13-14(11)23-8-22-13)15(19)18-12-5-3-1-2-4-10(12)16(20)21/h6-7,10,12H,1-5,8H2,(H,18,19)(H,20,21)/t10-,12+/m1/s1. The Morgan fingerprint density at radius 3 is 2.74 bits per heavy atom. The Morgan fingerprint density at radius 2 is 1.96 bits per heavy atom. The van der Waals surface area contributed by atoms with Crippen LogP contribution in [0.15, 0.2) is 16.6 Å². The van der Waals surface area contributed by atoms with Crippen molar-refractivity contribution in [3.05, 3.63) is 22.2 Å². The molecule has 1 amide bonds. The lowest BCUT2D eigenvalue weighted by Gasteiger charge is -2.23. The zero-order chi connectivity index (χ0) is 16.4. The Bertz CT molecular complexity index is 633. The summed E-state index contributed by atoms with van der Waals surface area (Å²) in [5.74, 6) is -0.565. The molecule has 1 aromatic rings. The highest BCUT2D eigenvalue weighted by atomic mass is 79.9. The van der Waals surface area contributed by atoms with E-state index in [1.54, 1.807) is 12.1 Å². The van der Waals surface area contributed by atoms with Gasteiger partial charge in [0, 0.05) is 11.6 Å². The molecule has 1 fully saturated rings. The molecule has 3 rings (SSSR count). The van der Waals surface area contributed by atoms with Gasteiger partial charge in [-0.05, 0) is 40.9 Å². The third-order valence-corrected chi connectivity index (χ3v) is 4.93. The minimum atomic E-state index is -0.843. The predicted molar refractivity (Wildman–Crippen MR) is 85.7 cm³/mol. The van der Waals surface area contributed by atoms with Crippen molar-refractivity contribution >= 4 is 27.8 Å². The van der Waals surface area contributed by atoms with E-state index in [0.29, 0.717) is 34.4 Å². The van der Waals surface area contributed by atoms with Crippen molar-refractivity contribution in [2.75, 3.05) is 6.79 Å². The van der Waals surface area contributed by atoms with Crippen molar-refractivity contribution in [1.82, 2.24) is 5.32 Å². The van der Waals surface area contributed by atoms with E-state index in [9.17, 15) is 14.7 Å². The molecule has 0 saturated heterocycles. The number of aliphatic carboxylic acids is 1. The summed E-state index contributed by atoms with van der Waals surface area (Å²) in [4.78, 5) is 24.0. The first-order valence-electron chi connectivity index (χ1n) is 7.69. The number of benzene rings is 1. The van der Waals surface area contributed by atoms with Crippen LogP contribution in [0.4, 0.5) is 0 Å². The van der Waals surface area contributed by atoms with Crippen LogP contribution in [0.1, 0.15) is 42.5 Å². The van der Waals surface area contributed by atoms with Crippen LogP contribution in [-0.2, 0) is 4.79 Å². The first-order valence-corrected chi connectivity index (χ1v) is 8.48. The summed E-state index contributed by atoms with van der Waals surface area (Å²) in [6.07, 6.45) is 4.11. The van der Waals surface area contributed by atoms with Gasteiger partial charge >= 0.3 is 5.97 Å². The highest BCUT2D eigenvalue weighted by Crippen LogP contribution is 2.40. The number of carbonyl (C=O) groups excluding carboxylic acids is 1. The second-order valence-corrected chi connectivity index (χ2v) is 6.71. The molecule has 0 aromatic heterocycles. The molecule has 2 aliphatic rings. The maximum atomic E-state index is 12.5. The lowest BCUT2D eigenvalue weighted by atomic mass is 9.94. The summed E-state index contributed by atoms with van der Waals surface area (Å²) in [6, 6.07) is 2.94. The summed E-state index contributed by atoms with van der Waals surface area (Å²) < 4.78 is 11.3. The summed E-state index contributed by atoms with van der Waals surface area (Å²) in [7, 11) is 0. The van der Waals surface area contributed by atoms with Gasteiger partial charge in [0.1, 0.15) is 0 Å². The second kappa shape index (κ2) is 6.78. The second-order valence-electron chi connectivity index (χ2n) is 5.85. The number of fused-ring (bicyclic) bond motifs is 1. The average Bonchev–Trinajstić information content (AvgIpc) is 2.86. The largest absolute Gasteiger partial charge is 0.481 e. The van der Waals surface area contributed by atoms with Crippen LogP contribution in [0.3, 0.4) is 0 Å². The summed E-state index contributed by atoms with van der Waals surface area (Å²) in [5.41, 5.74) is 0.425. The third kappa shape index (κ3) is 3.44. The molecule has 0 radical (unpaired) electrons. The van der Waals surface area contributed by atoms with Gasteiger partial charge in [-0.25, -0.2) is 0 Å². The number of hydrogen-bond donors (Lipinski definition) is 2. The van der Waals surface area contributed by atoms with E-state index in [2.05, 4.69) is 21.2 Å². The first-order chi connectivity index (χ1) is 11.1. The van der Waals surface area contributed by atoms with Crippen molar-refractivity contribution in [2.45, 2.75) is 38.1 Å². The van der Waals surface area contributed by atoms with E-state index in [1.165, 1.54) is 0 Å². The minimum Gasteiger partial charge on any atom is -0.481 e. The van der Waals surface area contributed by atoms with Crippen LogP contribution in [0.5, 0.6) is 11.5 Å². The molecule has 23 heavy (non-hydrogen) atoms. The van der Waals surface area contributed by atoms with Crippen molar-refractivity contribution in [1.29, 1.82) is 0 Å². The van der Waals surface area contributed by atoms with E-state index in [0.717, 1.165) is 19.3 Å². The molecule has 0 spiro atoms. The van der Waals surface area contributed by atoms with Crippen LogP contribution >= 0.6 is 15.9 Å². The van der Waals surface area contributed by atoms with Gasteiger partial charge < -0.3 is 19.9 Å². The fourth-order valence-electron chi connectivity index (χ4n) is 3.13. The number of ether oxygens (including phenoxy) is 2. The highest BCUT2D eigenvalue weighted by Gasteiger charge is 2.31. The molecule has 1 aromatic carbocycles. The number of carboxylic acids is 1. The number of halogens is 1. The first kappa shape index (κ1) is 16.1. The Kier molecular flexibility index (Phi) is 4.75. The van der Waals surface area contributed by atoms with Crippen molar-refractivity contribution < 1.29 is 24.2 Å². The summed E-state index contributed by atoms with van der Waals surface area (Å²) >= 11 is 3.36. The van der Waals surface area contributed by atoms with Gasteiger partial charge in [0.05, 0.1) is 10.4 Å². The van der Waals surface area contributed by atoms with Gasteiger partial charge in [0.15, 0.2) is 11.5 Å². The van der Waals surface area contributed by atoms with Gasteiger partial charge in [0.25, 0.3) is 5.91 Å². The predicted octanol–water partition coefficient (Wildman–Crippen LogP) is 2.94. The van der Waals surface area contributed by atoms with E-state index < -0.39 is 11.9 Å². The number of amides is 1. The Morgan fingerprint density at radius 1 is 1.17 bits per heavy atom. The van der Waals surface area contributed by atoms with Gasteiger partial charge in [0.2, 0.25) is 6.79 Å². The molecule has 1 saturated carbocycles. The Labute approximate surface area is 142 Å². The van der Waals surface area contributed by atoms with Crippen LogP contribution in [0.2, 0.25) is 0 Å². The van der Waals surface area contributed by atoms with E-state index in [1.807, 2.05) is 0 Å². The molecule has 0 bridgehead atoms. The summed E-state index contributed by atoms with van der Waals surface area (Å²) in [6.45, 7) is 0.128. The maximum Gasteiger partial charge on any atom is 0.308 e. The molecule has 1 heterocycles. The molecule has 1 aliphatic heterocycles. The molecular formula is C16H18BrNO5. The Hall–Kier alpha value is -1.76. The SMILES string of the molecule is O=C(N[C@H]1CCCCC[C@H]1C(=O)O)c1cc(Br)c2c(c1)OCO2. The quantitative estimate of drug-likeness (QED) is 0.783. The molecule has 6 nitrogen and oxygen atoms in total. The number of carbonyl (C=O) groups is 2. The lowest BCUT2D eigenvalue weighted by Crippen LogP contribution is -2.42. The summed E-state index contributed by atoms with van der Waals surface area (Å²) in [5, 5.41) is 12.3. The maximum absolute atomic E-state index is 12.5. The molecule has 124 valence electrons. The fraction of sp³-hybridized carbons (Fsp3) is 0.500. The van der Waals surface area contributed by atoms with Crippen LogP contribution < -0.4 is 14.8 Å². The smallest absolute Gasteiger partial charge is 0.308 e. The number of carboxylic acid groups (broad SMARTS) is 1. The van der Waals surface area contributed by atoms with Crippen molar-refractivity contribution in [3.8, 4) is 11.5 Å². The third-order valence-electron chi connectivity index (χ3n) is 4.34. The average molecular weight is 384 g/mol. The van der Waals surface area contributed by atoms with Gasteiger partial charge in [-0.15, -0.1) is 0 Å². The van der Waals surface area contributed by atoms with Crippen molar-refractivity contribution in [2.24, 2.45) is 5.92 Å². The molecular weight excluding hydrogens is 366 g/mol. The molecule has 0 unspecified atom stereocenters. The van der Waals surface area contributed by atoms with E-state index in [-0.39, 0.29) is 18.7 Å². The monoisotopic (exact) mass is 383 g/mol.